The van der Waals surface area contributed by atoms with Crippen LogP contribution in [0.5, 0.6) is 0 Å². The largest absolute Gasteiger partial charge is 0.480 e. The Hall–Kier alpha value is -2.66. The third-order valence-corrected chi connectivity index (χ3v) is 4.79. The second-order valence-corrected chi connectivity index (χ2v) is 7.26. The maximum Gasteiger partial charge on any atom is 0.322 e. The molecule has 0 bridgehead atoms. The van der Waals surface area contributed by atoms with Crippen molar-refractivity contribution in [1.82, 2.24) is 10.0 Å². The zero-order valence-corrected chi connectivity index (χ0v) is 15.1. The molecule has 0 aliphatic carbocycles. The third kappa shape index (κ3) is 7.49. The van der Waals surface area contributed by atoms with E-state index < -0.39 is 34.5 Å². The van der Waals surface area contributed by atoms with Crippen LogP contribution >= 0.6 is 0 Å². The van der Waals surface area contributed by atoms with Gasteiger partial charge >= 0.3 is 5.97 Å². The standard InChI is InChI=1S/C15H23N5O5S/c1-10-4-6-11(7-5-10)26(24,25)20-12(3-2-8-18-15(16)17)14(23)19-9-13(21)22/h4-7,12,20H,2-3,8-9H2,1H3,(H,19,23)(H,21,22)(H4,16,17,18)/t12-/m0/s1. The number of nitrogens with zero attached hydrogens (tertiary/aromatic N) is 1. The minimum absolute atomic E-state index is 0.00311. The van der Waals surface area contributed by atoms with Gasteiger partial charge in [-0.3, -0.25) is 14.6 Å². The van der Waals surface area contributed by atoms with Crippen LogP contribution in [0.1, 0.15) is 18.4 Å². The average molecular weight is 385 g/mol. The van der Waals surface area contributed by atoms with Crippen LogP contribution in [0.25, 0.3) is 0 Å². The van der Waals surface area contributed by atoms with Crippen LogP contribution < -0.4 is 21.5 Å². The Morgan fingerprint density at radius 3 is 2.38 bits per heavy atom. The molecule has 0 aliphatic heterocycles. The van der Waals surface area contributed by atoms with E-state index in [0.29, 0.717) is 6.42 Å². The summed E-state index contributed by atoms with van der Waals surface area (Å²) >= 11 is 0. The first-order valence-electron chi connectivity index (χ1n) is 7.75. The van der Waals surface area contributed by atoms with Gasteiger partial charge in [0.2, 0.25) is 15.9 Å². The third-order valence-electron chi connectivity index (χ3n) is 3.30. The van der Waals surface area contributed by atoms with Crippen LogP contribution in [-0.2, 0) is 19.6 Å². The summed E-state index contributed by atoms with van der Waals surface area (Å²) in [5.74, 6) is -2.09. The van der Waals surface area contributed by atoms with Crippen LogP contribution in [0.3, 0.4) is 0 Å². The predicted molar refractivity (Wildman–Crippen MR) is 95.8 cm³/mol. The maximum absolute atomic E-state index is 12.5. The highest BCUT2D eigenvalue weighted by Crippen LogP contribution is 2.12. The molecule has 144 valence electrons. The molecule has 1 aromatic carbocycles. The number of nitrogens with one attached hydrogen (secondary N) is 2. The summed E-state index contributed by atoms with van der Waals surface area (Å²) in [6.07, 6.45) is 0.410. The summed E-state index contributed by atoms with van der Waals surface area (Å²) in [7, 11) is -3.96. The highest BCUT2D eigenvalue weighted by atomic mass is 32.2. The van der Waals surface area contributed by atoms with Crippen molar-refractivity contribution in [3.63, 3.8) is 0 Å². The summed E-state index contributed by atoms with van der Waals surface area (Å²) in [6.45, 7) is 1.41. The number of carboxylic acid groups (broad SMARTS) is 1. The molecule has 0 fully saturated rings. The highest BCUT2D eigenvalue weighted by Gasteiger charge is 2.25. The second-order valence-electron chi connectivity index (χ2n) is 5.55. The molecule has 0 saturated heterocycles. The van der Waals surface area contributed by atoms with Crippen molar-refractivity contribution < 1.29 is 23.1 Å². The molecular formula is C15H23N5O5S. The van der Waals surface area contributed by atoms with Crippen LogP contribution in [-0.4, -0.2) is 50.5 Å². The van der Waals surface area contributed by atoms with Crippen molar-refractivity contribution in [2.45, 2.75) is 30.7 Å². The molecule has 0 aromatic heterocycles. The quantitative estimate of drug-likeness (QED) is 0.193. The van der Waals surface area contributed by atoms with Crippen LogP contribution in [0, 0.1) is 6.92 Å². The van der Waals surface area contributed by atoms with Crippen molar-refractivity contribution in [2.24, 2.45) is 16.5 Å². The number of guanidine groups is 1. The second kappa shape index (κ2) is 9.73. The van der Waals surface area contributed by atoms with Crippen molar-refractivity contribution in [2.75, 3.05) is 13.1 Å². The van der Waals surface area contributed by atoms with Crippen LogP contribution in [0.15, 0.2) is 34.2 Å². The Morgan fingerprint density at radius 1 is 1.23 bits per heavy atom. The molecule has 1 aromatic rings. The minimum atomic E-state index is -3.96. The Bertz CT molecular complexity index is 757. The summed E-state index contributed by atoms with van der Waals surface area (Å²) < 4.78 is 27.2. The number of aliphatic imine (C=N–C) groups is 1. The number of aryl methyl sites for hydroxylation is 1. The summed E-state index contributed by atoms with van der Waals surface area (Å²) in [4.78, 5) is 26.5. The van der Waals surface area contributed by atoms with Gasteiger partial charge in [0.25, 0.3) is 0 Å². The molecule has 7 N–H and O–H groups in total. The molecular weight excluding hydrogens is 362 g/mol. The molecule has 1 amide bonds. The molecule has 11 heteroatoms. The van der Waals surface area contributed by atoms with Crippen molar-refractivity contribution >= 4 is 27.9 Å². The molecule has 0 heterocycles. The summed E-state index contributed by atoms with van der Waals surface area (Å²) in [5, 5.41) is 10.8. The van der Waals surface area contributed by atoms with Crippen molar-refractivity contribution in [3.8, 4) is 0 Å². The molecule has 0 saturated carbocycles. The van der Waals surface area contributed by atoms with Gasteiger partial charge in [-0.05, 0) is 31.9 Å². The number of amides is 1. The zero-order valence-electron chi connectivity index (χ0n) is 14.3. The smallest absolute Gasteiger partial charge is 0.322 e. The van der Waals surface area contributed by atoms with Gasteiger partial charge in [-0.25, -0.2) is 8.42 Å². The number of carbonyl (C=O) groups is 2. The first-order valence-corrected chi connectivity index (χ1v) is 9.24. The average Bonchev–Trinajstić information content (AvgIpc) is 2.55. The first-order chi connectivity index (χ1) is 12.1. The Labute approximate surface area is 151 Å². The van der Waals surface area contributed by atoms with Crippen LogP contribution in [0.2, 0.25) is 0 Å². The van der Waals surface area contributed by atoms with Crippen molar-refractivity contribution in [1.29, 1.82) is 0 Å². The number of carbonyl (C=O) groups excluding carboxylic acids is 1. The van der Waals surface area contributed by atoms with Gasteiger partial charge in [-0.15, -0.1) is 0 Å². The van der Waals surface area contributed by atoms with Gasteiger partial charge in [0.15, 0.2) is 5.96 Å². The minimum Gasteiger partial charge on any atom is -0.480 e. The molecule has 1 rings (SSSR count). The number of carboxylic acids is 1. The molecule has 1 atom stereocenters. The van der Waals surface area contributed by atoms with Gasteiger partial charge in [-0.1, -0.05) is 17.7 Å². The molecule has 26 heavy (non-hydrogen) atoms. The van der Waals surface area contributed by atoms with Gasteiger partial charge in [-0.2, -0.15) is 4.72 Å². The Balaban J connectivity index is 2.88. The van der Waals surface area contributed by atoms with E-state index in [4.69, 9.17) is 16.6 Å². The molecule has 0 radical (unpaired) electrons. The lowest BCUT2D eigenvalue weighted by Crippen LogP contribution is -2.47. The number of hydrogen-bond donors (Lipinski definition) is 5. The van der Waals surface area contributed by atoms with E-state index in [0.717, 1.165) is 5.56 Å². The fourth-order valence-corrected chi connectivity index (χ4v) is 3.24. The van der Waals surface area contributed by atoms with Crippen LogP contribution in [0.4, 0.5) is 0 Å². The lowest BCUT2D eigenvalue weighted by molar-refractivity contribution is -0.138. The summed E-state index contributed by atoms with van der Waals surface area (Å²) in [6, 6.07) is 4.95. The lowest BCUT2D eigenvalue weighted by atomic mass is 10.1. The van der Waals surface area contributed by atoms with E-state index in [1.54, 1.807) is 12.1 Å². The lowest BCUT2D eigenvalue weighted by Gasteiger charge is -2.18. The maximum atomic E-state index is 12.5. The first kappa shape index (κ1) is 21.4. The van der Waals surface area contributed by atoms with E-state index in [-0.39, 0.29) is 23.8 Å². The molecule has 0 aliphatic rings. The number of nitrogens with two attached hydrogens (primary N) is 2. The number of aliphatic carboxylic acids is 1. The molecule has 0 spiro atoms. The fourth-order valence-electron chi connectivity index (χ4n) is 2.01. The summed E-state index contributed by atoms with van der Waals surface area (Å²) in [5.41, 5.74) is 11.3. The topological polar surface area (TPSA) is 177 Å². The Kier molecular flexibility index (Phi) is 8.00. The molecule has 0 unspecified atom stereocenters. The van der Waals surface area contributed by atoms with E-state index in [2.05, 4.69) is 15.0 Å². The molecule has 10 nitrogen and oxygen atoms in total. The van der Waals surface area contributed by atoms with Gasteiger partial charge in [0, 0.05) is 6.54 Å². The van der Waals surface area contributed by atoms with E-state index in [1.807, 2.05) is 6.92 Å². The van der Waals surface area contributed by atoms with Gasteiger partial charge in [0.05, 0.1) is 4.90 Å². The number of benzene rings is 1. The highest BCUT2D eigenvalue weighted by molar-refractivity contribution is 7.89. The zero-order chi connectivity index (χ0) is 19.7. The number of hydrogen-bond acceptors (Lipinski definition) is 5. The van der Waals surface area contributed by atoms with E-state index in [9.17, 15) is 18.0 Å². The van der Waals surface area contributed by atoms with E-state index >= 15 is 0 Å². The van der Waals surface area contributed by atoms with Gasteiger partial charge < -0.3 is 21.9 Å². The monoisotopic (exact) mass is 385 g/mol. The SMILES string of the molecule is Cc1ccc(S(=O)(=O)N[C@@H](CCCN=C(N)N)C(=O)NCC(=O)O)cc1. The number of rotatable bonds is 10. The predicted octanol–water partition coefficient (Wildman–Crippen LogP) is -1.10. The number of sulfonamides is 1. The fraction of sp³-hybridized carbons (Fsp3) is 0.400. The van der Waals surface area contributed by atoms with Gasteiger partial charge in [0.1, 0.15) is 12.6 Å². The van der Waals surface area contributed by atoms with Crippen molar-refractivity contribution in [3.05, 3.63) is 29.8 Å². The van der Waals surface area contributed by atoms with E-state index in [1.165, 1.54) is 12.1 Å². The normalized spacial score (nSPS) is 12.2. The Morgan fingerprint density at radius 2 is 1.85 bits per heavy atom.